The van der Waals surface area contributed by atoms with Crippen molar-refractivity contribution in [3.05, 3.63) is 17.4 Å². The maximum absolute atomic E-state index is 16.3. The van der Waals surface area contributed by atoms with E-state index in [1.165, 1.54) is 12.0 Å². The molecule has 0 radical (unpaired) electrons. The fourth-order valence-corrected chi connectivity index (χ4v) is 6.57. The van der Waals surface area contributed by atoms with Crippen LogP contribution in [0.3, 0.4) is 0 Å². The van der Waals surface area contributed by atoms with Gasteiger partial charge < -0.3 is 23.6 Å². The molecule has 3 fully saturated rings. The molecule has 13 nitrogen and oxygen atoms in total. The highest BCUT2D eigenvalue weighted by molar-refractivity contribution is 6.26. The van der Waals surface area contributed by atoms with Gasteiger partial charge in [-0.3, -0.25) is 20.3 Å². The van der Waals surface area contributed by atoms with Crippen LogP contribution in [0.25, 0.3) is 11.0 Å². The molecule has 2 N–H and O–H groups in total. The molecule has 1 aromatic carbocycles. The first kappa shape index (κ1) is 22.4. The van der Waals surface area contributed by atoms with E-state index in [-0.39, 0.29) is 60.5 Å². The Morgan fingerprint density at radius 3 is 2.81 bits per heavy atom. The van der Waals surface area contributed by atoms with Crippen molar-refractivity contribution in [1.82, 2.24) is 15.8 Å². The lowest BCUT2D eigenvalue weighted by Crippen LogP contribution is -2.86. The number of imide groups is 1. The van der Waals surface area contributed by atoms with Gasteiger partial charge in [-0.25, -0.2) is 19.0 Å². The third-order valence-electron chi connectivity index (χ3n) is 7.96. The van der Waals surface area contributed by atoms with E-state index >= 15 is 4.39 Å². The molecule has 4 amide bonds. The monoisotopic (exact) mass is 514 g/mol. The summed E-state index contributed by atoms with van der Waals surface area (Å²) in [5.74, 6) is -0.870. The molecule has 5 aliphatic rings. The summed E-state index contributed by atoms with van der Waals surface area (Å²) in [6.45, 7) is 4.25. The molecule has 14 heteroatoms. The van der Waals surface area contributed by atoms with Gasteiger partial charge in [0.25, 0.3) is 0 Å². The zero-order valence-electron chi connectivity index (χ0n) is 20.2. The lowest BCUT2D eigenvalue weighted by atomic mass is 9.58. The van der Waals surface area contributed by atoms with Crippen molar-refractivity contribution in [2.75, 3.05) is 36.6 Å². The largest absolute Gasteiger partial charge is 0.441 e. The van der Waals surface area contributed by atoms with Gasteiger partial charge in [0.2, 0.25) is 11.5 Å². The highest BCUT2D eigenvalue weighted by atomic mass is 19.1. The van der Waals surface area contributed by atoms with Gasteiger partial charge in [0, 0.05) is 20.1 Å². The number of benzene rings is 1. The Kier molecular flexibility index (Phi) is 4.34. The van der Waals surface area contributed by atoms with Crippen LogP contribution in [0.5, 0.6) is 0 Å². The molecule has 0 saturated carbocycles. The zero-order chi connectivity index (χ0) is 25.9. The molecule has 0 aliphatic carbocycles. The summed E-state index contributed by atoms with van der Waals surface area (Å²) in [5.41, 5.74) is -1.97. The van der Waals surface area contributed by atoms with Gasteiger partial charge in [0.1, 0.15) is 18.0 Å². The average Bonchev–Trinajstić information content (AvgIpc) is 3.40. The number of halogens is 1. The summed E-state index contributed by atoms with van der Waals surface area (Å²) >= 11 is 0. The number of carbonyl (C=O) groups is 3. The maximum atomic E-state index is 16.3. The predicted molar refractivity (Wildman–Crippen MR) is 124 cm³/mol. The number of aliphatic imine (C=N–C) groups is 1. The molecule has 37 heavy (non-hydrogen) atoms. The first-order valence-electron chi connectivity index (χ1n) is 11.9. The molecule has 2 aromatic rings. The number of amides is 4. The van der Waals surface area contributed by atoms with Gasteiger partial charge >= 0.3 is 12.1 Å². The van der Waals surface area contributed by atoms with Crippen molar-refractivity contribution < 1.29 is 37.5 Å². The summed E-state index contributed by atoms with van der Waals surface area (Å²) in [6, 6.07) is 1.01. The number of rotatable bonds is 3. The number of aromatic nitrogens is 1. The van der Waals surface area contributed by atoms with E-state index in [0.717, 1.165) is 0 Å². The van der Waals surface area contributed by atoms with Crippen LogP contribution < -0.4 is 20.4 Å². The molecule has 7 rings (SSSR count). The van der Waals surface area contributed by atoms with Crippen LogP contribution in [0.4, 0.5) is 25.5 Å². The summed E-state index contributed by atoms with van der Waals surface area (Å²) in [4.78, 5) is 45.8. The Labute approximate surface area is 208 Å². The van der Waals surface area contributed by atoms with E-state index in [9.17, 15) is 14.4 Å². The van der Waals surface area contributed by atoms with Crippen LogP contribution in [-0.2, 0) is 25.4 Å². The minimum absolute atomic E-state index is 0.0418. The number of hydrogen-bond acceptors (Lipinski definition) is 10. The first-order chi connectivity index (χ1) is 17.7. The molecular weight excluding hydrogens is 491 g/mol. The number of urea groups is 1. The summed E-state index contributed by atoms with van der Waals surface area (Å²) in [5, 5.41) is 9.27. The standard InChI is InChI=1S/C23H23FN6O7/c1-9-6-30-15-11(5-22-18(25-20(32)26-19(22)31)27-23(22,30)10(2)35-9)4-13-16(14(15)24)37-28-17(13)29-7-12(8-34-3)36-21(29)33/h4,9-10,12H,5-8H2,1-3H3,(H2,25,26,27,31,32)/t9-,10+,12-,22?,23-/m1/s1. The molecule has 3 saturated heterocycles. The van der Waals surface area contributed by atoms with Gasteiger partial charge in [-0.2, -0.15) is 0 Å². The second-order valence-electron chi connectivity index (χ2n) is 10.0. The van der Waals surface area contributed by atoms with E-state index in [0.29, 0.717) is 5.56 Å². The molecule has 5 aliphatic heterocycles. The number of anilines is 2. The Balaban J connectivity index is 1.41. The quantitative estimate of drug-likeness (QED) is 0.613. The number of nitrogens with one attached hydrogen (secondary N) is 2. The van der Waals surface area contributed by atoms with Crippen LogP contribution in [0.2, 0.25) is 0 Å². The van der Waals surface area contributed by atoms with Crippen LogP contribution in [0, 0.1) is 11.2 Å². The number of fused-ring (bicyclic) bond motifs is 3. The number of amidine groups is 1. The second-order valence-corrected chi connectivity index (χ2v) is 10.0. The van der Waals surface area contributed by atoms with Crippen molar-refractivity contribution in [3.8, 4) is 0 Å². The SMILES string of the molecule is COC[C@H]1CN(c2noc3c(F)c4c(cc23)CC23C(=O)NC(=O)NC2=N[C@@]32[C@H](C)O[C@H](C)CN42)C(=O)O1. The molecule has 2 spiro atoms. The number of nitrogens with zero attached hydrogens (tertiary/aromatic N) is 4. The number of cyclic esters (lactones) is 1. The number of carbonyl (C=O) groups excluding carboxylic acids is 3. The van der Waals surface area contributed by atoms with Crippen LogP contribution in [-0.4, -0.2) is 79.8 Å². The normalized spacial score (nSPS) is 34.0. The molecule has 5 atom stereocenters. The molecule has 194 valence electrons. The molecule has 0 bridgehead atoms. The fraction of sp³-hybridized carbons (Fsp3) is 0.522. The smallest absolute Gasteiger partial charge is 0.416 e. The van der Waals surface area contributed by atoms with Gasteiger partial charge in [0.05, 0.1) is 30.3 Å². The number of hydrogen-bond donors (Lipinski definition) is 2. The minimum atomic E-state index is -1.30. The second kappa shape index (κ2) is 7.16. The van der Waals surface area contributed by atoms with Crippen molar-refractivity contribution in [3.63, 3.8) is 0 Å². The first-order valence-corrected chi connectivity index (χ1v) is 11.9. The topological polar surface area (TPSA) is 148 Å². The maximum Gasteiger partial charge on any atom is 0.416 e. The predicted octanol–water partition coefficient (Wildman–Crippen LogP) is 1.04. The number of methoxy groups -OCH3 is 1. The Morgan fingerprint density at radius 1 is 1.24 bits per heavy atom. The van der Waals surface area contributed by atoms with Gasteiger partial charge in [-0.05, 0) is 25.5 Å². The third kappa shape index (κ3) is 2.56. The van der Waals surface area contributed by atoms with Crippen LogP contribution in [0.15, 0.2) is 15.6 Å². The van der Waals surface area contributed by atoms with Crippen molar-refractivity contribution in [1.29, 1.82) is 0 Å². The summed E-state index contributed by atoms with van der Waals surface area (Å²) in [7, 11) is 1.50. The lowest BCUT2D eigenvalue weighted by molar-refractivity contribution is -0.147. The summed E-state index contributed by atoms with van der Waals surface area (Å²) < 4.78 is 38.2. The van der Waals surface area contributed by atoms with Crippen molar-refractivity contribution in [2.24, 2.45) is 10.4 Å². The van der Waals surface area contributed by atoms with Gasteiger partial charge in [-0.15, -0.1) is 0 Å². The van der Waals surface area contributed by atoms with E-state index in [1.807, 2.05) is 6.92 Å². The highest BCUT2D eigenvalue weighted by Crippen LogP contribution is 2.60. The van der Waals surface area contributed by atoms with E-state index in [4.69, 9.17) is 18.7 Å². The number of morpholine rings is 1. The molecule has 6 heterocycles. The molecule has 1 unspecified atom stereocenters. The fourth-order valence-electron chi connectivity index (χ4n) is 6.57. The van der Waals surface area contributed by atoms with Crippen molar-refractivity contribution >= 4 is 46.3 Å². The Bertz CT molecular complexity index is 1440. The van der Waals surface area contributed by atoms with Gasteiger partial charge in [-0.1, -0.05) is 5.16 Å². The highest BCUT2D eigenvalue weighted by Gasteiger charge is 2.77. The molecule has 1 aromatic heterocycles. The zero-order valence-corrected chi connectivity index (χ0v) is 20.2. The minimum Gasteiger partial charge on any atom is -0.441 e. The van der Waals surface area contributed by atoms with E-state index < -0.39 is 47.1 Å². The van der Waals surface area contributed by atoms with Gasteiger partial charge in [0.15, 0.2) is 22.7 Å². The molecular formula is C23H23FN6O7. The van der Waals surface area contributed by atoms with E-state index in [1.54, 1.807) is 17.9 Å². The van der Waals surface area contributed by atoms with Crippen LogP contribution >= 0.6 is 0 Å². The average molecular weight is 514 g/mol. The summed E-state index contributed by atoms with van der Waals surface area (Å²) in [6.07, 6.45) is -1.99. The number of ether oxygens (including phenoxy) is 3. The van der Waals surface area contributed by atoms with Crippen molar-refractivity contribution in [2.45, 2.75) is 44.2 Å². The lowest BCUT2D eigenvalue weighted by Gasteiger charge is -2.67. The third-order valence-corrected chi connectivity index (χ3v) is 7.96. The Morgan fingerprint density at radius 2 is 2.05 bits per heavy atom. The Hall–Kier alpha value is -3.78. The van der Waals surface area contributed by atoms with Crippen LogP contribution in [0.1, 0.15) is 19.4 Å². The van der Waals surface area contributed by atoms with E-state index in [2.05, 4.69) is 20.8 Å².